The van der Waals surface area contributed by atoms with Crippen molar-refractivity contribution in [3.05, 3.63) is 96.1 Å². The van der Waals surface area contributed by atoms with Gasteiger partial charge in [-0.2, -0.15) is 0 Å². The van der Waals surface area contributed by atoms with E-state index in [-0.39, 0.29) is 22.8 Å². The Morgan fingerprint density at radius 1 is 0.571 bits per heavy atom. The van der Waals surface area contributed by atoms with Gasteiger partial charge >= 0.3 is 0 Å². The molecule has 0 saturated carbocycles. The van der Waals surface area contributed by atoms with Gasteiger partial charge in [0.25, 0.3) is 0 Å². The number of aryl methyl sites for hydroxylation is 2. The Balaban J connectivity index is 0.936. The second kappa shape index (κ2) is 12.3. The fraction of sp³-hybridized carbons (Fsp3) is 0.188. The summed E-state index contributed by atoms with van der Waals surface area (Å²) in [6.45, 7) is 4.12. The second-order valence-electron chi connectivity index (χ2n) is 10.3. The largest absolute Gasteiger partial charge is 0.355 e. The highest BCUT2D eigenvalue weighted by Crippen LogP contribution is 2.34. The van der Waals surface area contributed by atoms with Crippen LogP contribution in [0.2, 0.25) is 0 Å². The molecule has 0 aliphatic carbocycles. The monoisotopic (exact) mass is 596 g/mol. The molecule has 0 saturated heterocycles. The van der Waals surface area contributed by atoms with Crippen LogP contribution in [-0.2, 0) is 9.59 Å². The number of benzene rings is 4. The van der Waals surface area contributed by atoms with Crippen molar-refractivity contribution in [3.63, 3.8) is 0 Å². The molecule has 2 heterocycles. The molecule has 0 spiro atoms. The molecule has 0 radical (unpaired) electrons. The molecule has 10 heteroatoms. The highest BCUT2D eigenvalue weighted by Gasteiger charge is 2.21. The maximum Gasteiger partial charge on any atom is 0.234 e. The molecule has 8 nitrogen and oxygen atoms in total. The minimum atomic E-state index is -0.0547. The summed E-state index contributed by atoms with van der Waals surface area (Å²) in [4.78, 5) is 25.1. The molecule has 0 bridgehead atoms. The van der Waals surface area contributed by atoms with E-state index in [1.165, 1.54) is 34.7 Å². The van der Waals surface area contributed by atoms with Crippen molar-refractivity contribution >= 4 is 69.5 Å². The zero-order chi connectivity index (χ0) is 29.1. The predicted molar refractivity (Wildman–Crippen MR) is 178 cm³/mol. The molecule has 4 aromatic carbocycles. The lowest BCUT2D eigenvalue weighted by atomic mass is 10.0. The third-order valence-corrected chi connectivity index (χ3v) is 8.93. The summed E-state index contributed by atoms with van der Waals surface area (Å²) in [5, 5.41) is 19.5. The van der Waals surface area contributed by atoms with Gasteiger partial charge in [-0.15, -0.1) is 23.5 Å². The Morgan fingerprint density at radius 2 is 0.952 bits per heavy atom. The minimum absolute atomic E-state index is 0.0370. The van der Waals surface area contributed by atoms with Crippen LogP contribution in [0.4, 0.5) is 34.1 Å². The number of hydrogen-bond acceptors (Lipinski definition) is 8. The molecule has 2 atom stereocenters. The van der Waals surface area contributed by atoms with E-state index in [0.717, 1.165) is 45.3 Å². The molecule has 6 rings (SSSR count). The summed E-state index contributed by atoms with van der Waals surface area (Å²) in [5.41, 5.74) is 10.1. The van der Waals surface area contributed by atoms with Crippen LogP contribution in [0.25, 0.3) is 11.1 Å². The number of fused-ring (bicyclic) bond motifs is 2. The molecule has 2 aliphatic heterocycles. The number of hydrogen-bond donors (Lipinski definition) is 6. The number of carbonyl (C=O) groups is 2. The molecule has 4 aromatic rings. The third kappa shape index (κ3) is 6.78. The molecule has 0 aromatic heterocycles. The van der Waals surface area contributed by atoms with Gasteiger partial charge in [-0.3, -0.25) is 9.59 Å². The number of anilines is 6. The molecule has 0 fully saturated rings. The number of rotatable bonds is 9. The van der Waals surface area contributed by atoms with Crippen LogP contribution in [0.1, 0.15) is 11.1 Å². The van der Waals surface area contributed by atoms with Crippen molar-refractivity contribution in [2.45, 2.75) is 24.8 Å². The Labute approximate surface area is 253 Å². The topological polar surface area (TPSA) is 106 Å². The fourth-order valence-electron chi connectivity index (χ4n) is 4.81. The third-order valence-electron chi connectivity index (χ3n) is 6.93. The van der Waals surface area contributed by atoms with Crippen LogP contribution in [0.15, 0.2) is 84.9 Å². The van der Waals surface area contributed by atoms with Crippen LogP contribution in [0, 0.1) is 13.8 Å². The standard InChI is InChI=1S/C32H32N6O2S2/c1-19-3-13-25-27(15-19)37-31(35-25)41-17-29(39)33-23-9-5-21(6-10-23)22-7-11-24(12-8-22)34-30(40)18-42-32-36-26-14-4-20(2)16-28(26)38-32/h3-16,31-32,35-38H,17-18H2,1-2H3,(H,33,39)(H,34,40). The van der Waals surface area contributed by atoms with E-state index >= 15 is 0 Å². The number of thioether (sulfide) groups is 2. The summed E-state index contributed by atoms with van der Waals surface area (Å²) in [5.74, 6) is 0.542. The van der Waals surface area contributed by atoms with E-state index < -0.39 is 0 Å². The first-order valence-corrected chi connectivity index (χ1v) is 15.8. The highest BCUT2D eigenvalue weighted by molar-refractivity contribution is 8.01. The molecule has 6 N–H and O–H groups in total. The van der Waals surface area contributed by atoms with Crippen LogP contribution >= 0.6 is 23.5 Å². The zero-order valence-electron chi connectivity index (χ0n) is 23.3. The highest BCUT2D eigenvalue weighted by atomic mass is 32.2. The van der Waals surface area contributed by atoms with E-state index in [4.69, 9.17) is 0 Å². The van der Waals surface area contributed by atoms with Crippen molar-refractivity contribution in [1.29, 1.82) is 0 Å². The summed E-state index contributed by atoms with van der Waals surface area (Å²) < 4.78 is 0. The quantitative estimate of drug-likeness (QED) is 0.123. The molecular weight excluding hydrogens is 565 g/mol. The van der Waals surface area contributed by atoms with Gasteiger partial charge in [0.05, 0.1) is 34.3 Å². The minimum Gasteiger partial charge on any atom is -0.355 e. The first-order chi connectivity index (χ1) is 20.4. The summed E-state index contributed by atoms with van der Waals surface area (Å²) in [7, 11) is 0. The van der Waals surface area contributed by atoms with Crippen LogP contribution in [0.5, 0.6) is 0 Å². The Morgan fingerprint density at radius 3 is 1.36 bits per heavy atom. The van der Waals surface area contributed by atoms with E-state index in [2.05, 4.69) is 82.1 Å². The first-order valence-electron chi connectivity index (χ1n) is 13.7. The number of nitrogens with one attached hydrogen (secondary N) is 6. The van der Waals surface area contributed by atoms with E-state index in [9.17, 15) is 9.59 Å². The Bertz CT molecular complexity index is 1490. The molecule has 2 aliphatic rings. The van der Waals surface area contributed by atoms with Crippen molar-refractivity contribution in [3.8, 4) is 11.1 Å². The Hall–Kier alpha value is -4.28. The van der Waals surface area contributed by atoms with Gasteiger partial charge in [0.1, 0.15) is 11.0 Å². The number of amides is 2. The van der Waals surface area contributed by atoms with Crippen LogP contribution in [0.3, 0.4) is 0 Å². The number of carbonyl (C=O) groups excluding carboxylic acids is 2. The molecule has 2 unspecified atom stereocenters. The summed E-state index contributed by atoms with van der Waals surface area (Å²) in [6.07, 6.45) is 0. The van der Waals surface area contributed by atoms with Gasteiger partial charge in [0, 0.05) is 11.4 Å². The lowest BCUT2D eigenvalue weighted by Gasteiger charge is -2.12. The summed E-state index contributed by atoms with van der Waals surface area (Å²) >= 11 is 3.03. The predicted octanol–water partition coefficient (Wildman–Crippen LogP) is 6.96. The maximum atomic E-state index is 12.5. The van der Waals surface area contributed by atoms with Crippen molar-refractivity contribution in [1.82, 2.24) is 0 Å². The van der Waals surface area contributed by atoms with Gasteiger partial charge < -0.3 is 31.9 Å². The SMILES string of the molecule is Cc1ccc2c(c1)NC(SCC(=O)Nc1ccc(-c3ccc(NC(=O)CSC4Nc5ccc(C)cc5N4)cc3)cc1)N2. The van der Waals surface area contributed by atoms with Crippen molar-refractivity contribution in [2.75, 3.05) is 43.4 Å². The van der Waals surface area contributed by atoms with Crippen LogP contribution in [-0.4, -0.2) is 34.3 Å². The van der Waals surface area contributed by atoms with Gasteiger partial charge in [0.15, 0.2) is 0 Å². The second-order valence-corrected chi connectivity index (χ2v) is 12.5. The van der Waals surface area contributed by atoms with Gasteiger partial charge in [-0.05, 0) is 84.6 Å². The van der Waals surface area contributed by atoms with E-state index in [1.54, 1.807) is 0 Å². The first kappa shape index (κ1) is 27.9. The van der Waals surface area contributed by atoms with Gasteiger partial charge in [0.2, 0.25) is 11.8 Å². The van der Waals surface area contributed by atoms with Crippen molar-refractivity contribution < 1.29 is 9.59 Å². The lowest BCUT2D eigenvalue weighted by molar-refractivity contribution is -0.114. The smallest absolute Gasteiger partial charge is 0.234 e. The van der Waals surface area contributed by atoms with Gasteiger partial charge in [-0.25, -0.2) is 0 Å². The van der Waals surface area contributed by atoms with E-state index in [0.29, 0.717) is 11.5 Å². The zero-order valence-corrected chi connectivity index (χ0v) is 24.9. The van der Waals surface area contributed by atoms with Gasteiger partial charge in [-0.1, -0.05) is 36.4 Å². The lowest BCUT2D eigenvalue weighted by Crippen LogP contribution is -2.22. The summed E-state index contributed by atoms with van der Waals surface area (Å²) in [6, 6.07) is 28.0. The molecule has 42 heavy (non-hydrogen) atoms. The van der Waals surface area contributed by atoms with Crippen LogP contribution < -0.4 is 31.9 Å². The maximum absolute atomic E-state index is 12.5. The fourth-order valence-corrected chi connectivity index (χ4v) is 6.44. The van der Waals surface area contributed by atoms with Crippen molar-refractivity contribution in [2.24, 2.45) is 0 Å². The molecule has 214 valence electrons. The van der Waals surface area contributed by atoms with E-state index in [1.807, 2.05) is 48.5 Å². The molecule has 2 amide bonds. The average Bonchev–Trinajstić information content (AvgIpc) is 3.58. The normalized spacial score (nSPS) is 16.2. The Kier molecular flexibility index (Phi) is 8.16. The average molecular weight is 597 g/mol. The molecular formula is C32H32N6O2S2.